The Morgan fingerprint density at radius 3 is 2.36 bits per heavy atom. The lowest BCUT2D eigenvalue weighted by atomic mass is 10.1. The van der Waals surface area contributed by atoms with Crippen LogP contribution in [0.4, 0.5) is 4.79 Å². The molecule has 3 amide bonds. The number of nitrogens with one attached hydrogen (secondary N) is 2. The molecule has 0 spiro atoms. The lowest BCUT2D eigenvalue weighted by Crippen LogP contribution is -2.44. The van der Waals surface area contributed by atoms with E-state index in [2.05, 4.69) is 10.6 Å². The molecule has 1 aromatic rings. The van der Waals surface area contributed by atoms with Crippen LogP contribution in [0.25, 0.3) is 0 Å². The fourth-order valence-corrected chi connectivity index (χ4v) is 1.82. The molecule has 2 unspecified atom stereocenters. The molecule has 0 bridgehead atoms. The molecule has 0 heterocycles. The minimum atomic E-state index is -1.30. The Bertz CT molecular complexity index is 620. The Labute approximate surface area is 144 Å². The van der Waals surface area contributed by atoms with Gasteiger partial charge in [-0.3, -0.25) is 9.59 Å². The summed E-state index contributed by atoms with van der Waals surface area (Å²) in [4.78, 5) is 45.3. The van der Waals surface area contributed by atoms with E-state index in [4.69, 9.17) is 15.6 Å². The molecule has 1 aromatic carbocycles. The number of aliphatic carboxylic acids is 1. The predicted molar refractivity (Wildman–Crippen MR) is 87.2 cm³/mol. The Morgan fingerprint density at radius 2 is 1.80 bits per heavy atom. The van der Waals surface area contributed by atoms with Crippen molar-refractivity contribution in [3.63, 3.8) is 0 Å². The van der Waals surface area contributed by atoms with Crippen LogP contribution in [-0.4, -0.2) is 41.1 Å². The summed E-state index contributed by atoms with van der Waals surface area (Å²) in [6.07, 6.45) is -1.26. The van der Waals surface area contributed by atoms with E-state index < -0.39 is 36.0 Å². The lowest BCUT2D eigenvalue weighted by molar-refractivity contribution is -0.139. The number of carboxylic acid groups (broad SMARTS) is 1. The molecular formula is C16H21N3O6. The van der Waals surface area contributed by atoms with E-state index in [-0.39, 0.29) is 19.4 Å². The monoisotopic (exact) mass is 351 g/mol. The molecule has 0 fully saturated rings. The van der Waals surface area contributed by atoms with Crippen LogP contribution in [0, 0.1) is 0 Å². The van der Waals surface area contributed by atoms with Crippen LogP contribution in [0.5, 0.6) is 0 Å². The van der Waals surface area contributed by atoms with E-state index in [1.807, 2.05) is 6.07 Å². The number of amides is 3. The molecule has 0 aliphatic carbocycles. The number of carboxylic acids is 1. The van der Waals surface area contributed by atoms with Gasteiger partial charge in [-0.15, -0.1) is 0 Å². The summed E-state index contributed by atoms with van der Waals surface area (Å²) in [6, 6.07) is 6.73. The normalized spacial score (nSPS) is 12.5. The number of rotatable bonds is 9. The van der Waals surface area contributed by atoms with Crippen molar-refractivity contribution in [3.8, 4) is 0 Å². The molecule has 25 heavy (non-hydrogen) atoms. The van der Waals surface area contributed by atoms with Crippen molar-refractivity contribution in [1.29, 1.82) is 0 Å². The van der Waals surface area contributed by atoms with Crippen molar-refractivity contribution < 1.29 is 29.0 Å². The average Bonchev–Trinajstić information content (AvgIpc) is 2.57. The Balaban J connectivity index is 2.43. The first kappa shape index (κ1) is 19.9. The third-order valence-electron chi connectivity index (χ3n) is 3.27. The number of hydrogen-bond acceptors (Lipinski definition) is 5. The number of ether oxygens (including phenoxy) is 1. The van der Waals surface area contributed by atoms with E-state index in [1.54, 1.807) is 24.3 Å². The van der Waals surface area contributed by atoms with Crippen molar-refractivity contribution in [2.45, 2.75) is 38.5 Å². The second-order valence-electron chi connectivity index (χ2n) is 5.33. The summed E-state index contributed by atoms with van der Waals surface area (Å²) in [5.74, 6) is -2.55. The van der Waals surface area contributed by atoms with E-state index in [9.17, 15) is 19.2 Å². The molecule has 0 radical (unpaired) electrons. The molecule has 136 valence electrons. The second kappa shape index (κ2) is 9.91. The highest BCUT2D eigenvalue weighted by atomic mass is 16.5. The van der Waals surface area contributed by atoms with E-state index in [0.29, 0.717) is 0 Å². The maximum atomic E-state index is 11.7. The predicted octanol–water partition coefficient (Wildman–Crippen LogP) is 0.136. The van der Waals surface area contributed by atoms with Gasteiger partial charge in [-0.1, -0.05) is 30.3 Å². The highest BCUT2D eigenvalue weighted by Gasteiger charge is 2.22. The fourth-order valence-electron chi connectivity index (χ4n) is 1.82. The third-order valence-corrected chi connectivity index (χ3v) is 3.27. The molecule has 0 aromatic heterocycles. The van der Waals surface area contributed by atoms with Gasteiger partial charge in [-0.05, 0) is 18.9 Å². The minimum Gasteiger partial charge on any atom is -0.480 e. The Hall–Kier alpha value is -3.10. The van der Waals surface area contributed by atoms with Crippen molar-refractivity contribution >= 4 is 23.9 Å². The molecule has 2 atom stereocenters. The van der Waals surface area contributed by atoms with Gasteiger partial charge in [0.15, 0.2) is 0 Å². The van der Waals surface area contributed by atoms with Crippen molar-refractivity contribution in [2.75, 3.05) is 0 Å². The van der Waals surface area contributed by atoms with E-state index in [0.717, 1.165) is 5.56 Å². The van der Waals surface area contributed by atoms with Gasteiger partial charge in [0.25, 0.3) is 0 Å². The van der Waals surface area contributed by atoms with Gasteiger partial charge in [0.05, 0.1) is 0 Å². The Morgan fingerprint density at radius 1 is 1.16 bits per heavy atom. The zero-order valence-electron chi connectivity index (χ0n) is 13.7. The third kappa shape index (κ3) is 7.82. The zero-order valence-corrected chi connectivity index (χ0v) is 13.7. The quantitative estimate of drug-likeness (QED) is 0.497. The van der Waals surface area contributed by atoms with Crippen LogP contribution in [0.1, 0.15) is 25.3 Å². The van der Waals surface area contributed by atoms with Crippen LogP contribution in [0.15, 0.2) is 30.3 Å². The summed E-state index contributed by atoms with van der Waals surface area (Å²) in [5.41, 5.74) is 5.77. The van der Waals surface area contributed by atoms with Crippen LogP contribution < -0.4 is 16.4 Å². The van der Waals surface area contributed by atoms with Gasteiger partial charge in [0.2, 0.25) is 11.8 Å². The summed E-state index contributed by atoms with van der Waals surface area (Å²) in [7, 11) is 0. The summed E-state index contributed by atoms with van der Waals surface area (Å²) in [6.45, 7) is 1.41. The molecule has 5 N–H and O–H groups in total. The number of nitrogens with two attached hydrogens (primary N) is 1. The first-order valence-electron chi connectivity index (χ1n) is 7.58. The van der Waals surface area contributed by atoms with Crippen molar-refractivity contribution in [1.82, 2.24) is 10.6 Å². The van der Waals surface area contributed by atoms with Crippen molar-refractivity contribution in [2.24, 2.45) is 5.73 Å². The van der Waals surface area contributed by atoms with Gasteiger partial charge < -0.3 is 26.2 Å². The molecule has 9 heteroatoms. The number of primary amides is 1. The van der Waals surface area contributed by atoms with Crippen LogP contribution in [0.2, 0.25) is 0 Å². The summed E-state index contributed by atoms with van der Waals surface area (Å²) in [5, 5.41) is 13.6. The average molecular weight is 351 g/mol. The molecule has 0 aliphatic heterocycles. The first-order chi connectivity index (χ1) is 11.8. The van der Waals surface area contributed by atoms with E-state index >= 15 is 0 Å². The van der Waals surface area contributed by atoms with Crippen LogP contribution in [0.3, 0.4) is 0 Å². The van der Waals surface area contributed by atoms with Crippen LogP contribution >= 0.6 is 0 Å². The maximum absolute atomic E-state index is 11.7. The minimum absolute atomic E-state index is 0.00434. The molecule has 0 aliphatic rings. The molecule has 0 saturated heterocycles. The number of carbonyl (C=O) groups is 4. The number of carbonyl (C=O) groups excluding carboxylic acids is 3. The van der Waals surface area contributed by atoms with Gasteiger partial charge in [-0.2, -0.15) is 0 Å². The van der Waals surface area contributed by atoms with Crippen molar-refractivity contribution in [3.05, 3.63) is 35.9 Å². The number of hydrogen-bond donors (Lipinski definition) is 4. The summed E-state index contributed by atoms with van der Waals surface area (Å²) >= 11 is 0. The second-order valence-corrected chi connectivity index (χ2v) is 5.33. The zero-order chi connectivity index (χ0) is 18.8. The first-order valence-corrected chi connectivity index (χ1v) is 7.58. The number of alkyl carbamates (subject to hydrolysis) is 1. The molecule has 0 saturated carbocycles. The number of benzene rings is 1. The molecule has 9 nitrogen and oxygen atoms in total. The molecule has 1 rings (SSSR count). The van der Waals surface area contributed by atoms with Gasteiger partial charge in [-0.25, -0.2) is 9.59 Å². The molecular weight excluding hydrogens is 330 g/mol. The fraction of sp³-hybridized carbons (Fsp3) is 0.375. The Kier molecular flexibility index (Phi) is 7.91. The largest absolute Gasteiger partial charge is 0.480 e. The lowest BCUT2D eigenvalue weighted by Gasteiger charge is -2.15. The van der Waals surface area contributed by atoms with Crippen LogP contribution in [-0.2, 0) is 25.7 Å². The standard InChI is InChI=1S/C16H21N3O6/c1-10(14(17)21)18-13(20)8-7-12(15(22)23)19-16(24)25-9-11-5-3-2-4-6-11/h2-6,10,12H,7-9H2,1H3,(H2,17,21)(H,18,20)(H,19,24)(H,22,23). The SMILES string of the molecule is CC(NC(=O)CCC(NC(=O)OCc1ccccc1)C(=O)O)C(N)=O. The smallest absolute Gasteiger partial charge is 0.408 e. The highest BCUT2D eigenvalue weighted by Crippen LogP contribution is 2.03. The topological polar surface area (TPSA) is 148 Å². The van der Waals surface area contributed by atoms with Gasteiger partial charge >= 0.3 is 12.1 Å². The highest BCUT2D eigenvalue weighted by molar-refractivity contribution is 5.86. The summed E-state index contributed by atoms with van der Waals surface area (Å²) < 4.78 is 4.94. The van der Waals surface area contributed by atoms with Gasteiger partial charge in [0.1, 0.15) is 18.7 Å². The van der Waals surface area contributed by atoms with Gasteiger partial charge in [0, 0.05) is 6.42 Å². The van der Waals surface area contributed by atoms with E-state index in [1.165, 1.54) is 6.92 Å². The maximum Gasteiger partial charge on any atom is 0.408 e.